The van der Waals surface area contributed by atoms with Gasteiger partial charge in [0.1, 0.15) is 5.82 Å². The Hall–Kier alpha value is -1.18. The molecule has 21 heavy (non-hydrogen) atoms. The van der Waals surface area contributed by atoms with Crippen LogP contribution in [0.5, 0.6) is 0 Å². The van der Waals surface area contributed by atoms with Gasteiger partial charge in [-0.1, -0.05) is 20.8 Å². The summed E-state index contributed by atoms with van der Waals surface area (Å²) < 4.78 is 40.9. The van der Waals surface area contributed by atoms with Crippen LogP contribution < -0.4 is 10.5 Å². The average Bonchev–Trinajstić information content (AvgIpc) is 2.31. The Morgan fingerprint density at radius 2 is 1.95 bits per heavy atom. The molecule has 0 spiro atoms. The Balaban J connectivity index is 3.20. The lowest BCUT2D eigenvalue weighted by atomic mass is 9.86. The predicted molar refractivity (Wildman–Crippen MR) is 80.8 cm³/mol. The number of benzene rings is 1. The zero-order valence-electron chi connectivity index (χ0n) is 12.8. The smallest absolute Gasteiger partial charge is 0.241 e. The van der Waals surface area contributed by atoms with Crippen molar-refractivity contribution in [1.29, 1.82) is 0 Å². The summed E-state index contributed by atoms with van der Waals surface area (Å²) in [4.78, 5) is -0.0476. The van der Waals surface area contributed by atoms with E-state index in [9.17, 15) is 12.8 Å². The van der Waals surface area contributed by atoms with Crippen molar-refractivity contribution in [2.24, 2.45) is 5.41 Å². The number of aryl methyl sites for hydroxylation is 1. The van der Waals surface area contributed by atoms with E-state index in [1.807, 2.05) is 20.8 Å². The molecule has 5 nitrogen and oxygen atoms in total. The minimum atomic E-state index is -3.84. The van der Waals surface area contributed by atoms with Crippen molar-refractivity contribution >= 4 is 15.7 Å². The second kappa shape index (κ2) is 6.29. The highest BCUT2D eigenvalue weighted by atomic mass is 32.2. The lowest BCUT2D eigenvalue weighted by molar-refractivity contribution is 0.214. The van der Waals surface area contributed by atoms with Crippen molar-refractivity contribution in [2.75, 3.05) is 12.3 Å². The number of rotatable bonds is 5. The van der Waals surface area contributed by atoms with E-state index in [-0.39, 0.29) is 28.2 Å². The number of hydrogen-bond donors (Lipinski definition) is 3. The quantitative estimate of drug-likeness (QED) is 0.722. The fourth-order valence-electron chi connectivity index (χ4n) is 2.01. The Morgan fingerprint density at radius 1 is 1.38 bits per heavy atom. The molecule has 0 saturated heterocycles. The zero-order chi connectivity index (χ0) is 16.4. The maximum absolute atomic E-state index is 13.3. The van der Waals surface area contributed by atoms with Crippen molar-refractivity contribution in [3.05, 3.63) is 23.5 Å². The van der Waals surface area contributed by atoms with Gasteiger partial charge in [-0.25, -0.2) is 17.5 Å². The lowest BCUT2D eigenvalue weighted by Gasteiger charge is -2.31. The highest BCUT2D eigenvalue weighted by Gasteiger charge is 2.30. The van der Waals surface area contributed by atoms with Crippen LogP contribution >= 0.6 is 0 Å². The van der Waals surface area contributed by atoms with Crippen LogP contribution in [0.2, 0.25) is 0 Å². The number of aliphatic hydroxyl groups is 1. The highest BCUT2D eigenvalue weighted by Crippen LogP contribution is 2.26. The van der Waals surface area contributed by atoms with E-state index < -0.39 is 21.9 Å². The molecule has 0 amide bonds. The predicted octanol–water partition coefficient (Wildman–Crippen LogP) is 1.79. The van der Waals surface area contributed by atoms with Crippen molar-refractivity contribution in [2.45, 2.75) is 45.1 Å². The maximum atomic E-state index is 13.3. The zero-order valence-corrected chi connectivity index (χ0v) is 13.6. The maximum Gasteiger partial charge on any atom is 0.241 e. The van der Waals surface area contributed by atoms with Crippen LogP contribution in [0.1, 0.15) is 32.8 Å². The van der Waals surface area contributed by atoms with Gasteiger partial charge in [-0.05, 0) is 36.5 Å². The third kappa shape index (κ3) is 4.39. The molecule has 1 aromatic rings. The fourth-order valence-corrected chi connectivity index (χ4v) is 3.74. The van der Waals surface area contributed by atoms with E-state index in [1.54, 1.807) is 0 Å². The van der Waals surface area contributed by atoms with Crippen molar-refractivity contribution in [3.8, 4) is 0 Å². The van der Waals surface area contributed by atoms with Gasteiger partial charge in [0.05, 0.1) is 10.6 Å². The molecule has 0 fully saturated rings. The molecule has 4 N–H and O–H groups in total. The minimum absolute atomic E-state index is 0.0476. The summed E-state index contributed by atoms with van der Waals surface area (Å²) in [7, 11) is -3.84. The van der Waals surface area contributed by atoms with Crippen LogP contribution in [0.4, 0.5) is 10.1 Å². The molecule has 0 aliphatic rings. The second-order valence-corrected chi connectivity index (χ2v) is 7.87. The summed E-state index contributed by atoms with van der Waals surface area (Å²) >= 11 is 0. The highest BCUT2D eigenvalue weighted by molar-refractivity contribution is 7.89. The topological polar surface area (TPSA) is 92.4 Å². The number of anilines is 1. The Labute approximate surface area is 125 Å². The van der Waals surface area contributed by atoms with Gasteiger partial charge in [0.25, 0.3) is 0 Å². The molecule has 1 rings (SSSR count). The fraction of sp³-hybridized carbons (Fsp3) is 0.571. The molecule has 0 saturated carbocycles. The van der Waals surface area contributed by atoms with Gasteiger partial charge in [-0.15, -0.1) is 0 Å². The SMILES string of the molecule is Cc1cc(F)c(N)cc1S(=O)(=O)NC(CCO)C(C)(C)C. The summed E-state index contributed by atoms with van der Waals surface area (Å²) in [5, 5.41) is 9.10. The van der Waals surface area contributed by atoms with Gasteiger partial charge in [-0.3, -0.25) is 0 Å². The first-order chi connectivity index (χ1) is 9.49. The first-order valence-corrected chi connectivity index (χ1v) is 8.16. The van der Waals surface area contributed by atoms with Gasteiger partial charge in [-0.2, -0.15) is 0 Å². The summed E-state index contributed by atoms with van der Waals surface area (Å²) in [5.41, 5.74) is 5.16. The molecule has 0 aromatic heterocycles. The summed E-state index contributed by atoms with van der Waals surface area (Å²) in [5.74, 6) is -0.644. The van der Waals surface area contributed by atoms with Crippen molar-refractivity contribution < 1.29 is 17.9 Å². The molecule has 120 valence electrons. The molecular formula is C14H23FN2O3S. The lowest BCUT2D eigenvalue weighted by Crippen LogP contribution is -2.44. The molecule has 0 aliphatic heterocycles. The number of aliphatic hydroxyl groups excluding tert-OH is 1. The van der Waals surface area contributed by atoms with E-state index in [0.717, 1.165) is 12.1 Å². The molecular weight excluding hydrogens is 295 g/mol. The van der Waals surface area contributed by atoms with Crippen LogP contribution in [0.15, 0.2) is 17.0 Å². The van der Waals surface area contributed by atoms with Gasteiger partial charge in [0.15, 0.2) is 0 Å². The summed E-state index contributed by atoms with van der Waals surface area (Å²) in [6.07, 6.45) is 0.290. The number of nitrogens with one attached hydrogen (secondary N) is 1. The van der Waals surface area contributed by atoms with Crippen LogP contribution in [0, 0.1) is 18.2 Å². The molecule has 0 bridgehead atoms. The number of hydrogen-bond acceptors (Lipinski definition) is 4. The van der Waals surface area contributed by atoms with Crippen LogP contribution in [0.3, 0.4) is 0 Å². The largest absolute Gasteiger partial charge is 0.396 e. The van der Waals surface area contributed by atoms with Crippen molar-refractivity contribution in [3.63, 3.8) is 0 Å². The molecule has 0 radical (unpaired) electrons. The van der Waals surface area contributed by atoms with E-state index in [2.05, 4.69) is 4.72 Å². The average molecular weight is 318 g/mol. The number of nitrogen functional groups attached to an aromatic ring is 1. The first kappa shape index (κ1) is 17.9. The van der Waals surface area contributed by atoms with E-state index in [1.165, 1.54) is 6.92 Å². The molecule has 0 heterocycles. The monoisotopic (exact) mass is 318 g/mol. The first-order valence-electron chi connectivity index (χ1n) is 6.68. The molecule has 1 atom stereocenters. The molecule has 0 aliphatic carbocycles. The molecule has 7 heteroatoms. The van der Waals surface area contributed by atoms with Crippen LogP contribution in [-0.4, -0.2) is 26.2 Å². The van der Waals surface area contributed by atoms with E-state index in [0.29, 0.717) is 6.42 Å². The van der Waals surface area contributed by atoms with Crippen LogP contribution in [0.25, 0.3) is 0 Å². The number of halogens is 1. The summed E-state index contributed by atoms with van der Waals surface area (Å²) in [6.45, 7) is 7.01. The minimum Gasteiger partial charge on any atom is -0.396 e. The van der Waals surface area contributed by atoms with E-state index in [4.69, 9.17) is 10.8 Å². The van der Waals surface area contributed by atoms with Gasteiger partial charge >= 0.3 is 0 Å². The van der Waals surface area contributed by atoms with Gasteiger partial charge in [0, 0.05) is 12.6 Å². The van der Waals surface area contributed by atoms with Crippen LogP contribution in [-0.2, 0) is 10.0 Å². The van der Waals surface area contributed by atoms with Gasteiger partial charge in [0.2, 0.25) is 10.0 Å². The number of nitrogens with two attached hydrogens (primary N) is 1. The van der Waals surface area contributed by atoms with Gasteiger partial charge < -0.3 is 10.8 Å². The standard InChI is InChI=1S/C14H23FN2O3S/c1-9-7-10(15)11(16)8-12(9)21(19,20)17-13(5-6-18)14(2,3)4/h7-8,13,17-18H,5-6,16H2,1-4H3. The Morgan fingerprint density at radius 3 is 2.43 bits per heavy atom. The Bertz CT molecular complexity index is 609. The third-order valence-electron chi connectivity index (χ3n) is 3.34. The summed E-state index contributed by atoms with van der Waals surface area (Å²) in [6, 6.07) is 1.77. The molecule has 1 aromatic carbocycles. The second-order valence-electron chi connectivity index (χ2n) is 6.19. The third-order valence-corrected chi connectivity index (χ3v) is 4.96. The Kier molecular flexibility index (Phi) is 5.35. The van der Waals surface area contributed by atoms with E-state index >= 15 is 0 Å². The number of sulfonamides is 1. The molecule has 1 unspecified atom stereocenters. The van der Waals surface area contributed by atoms with Crippen molar-refractivity contribution in [1.82, 2.24) is 4.72 Å². The normalized spacial score (nSPS) is 14.2.